The molecule has 5 atom stereocenters. The summed E-state index contributed by atoms with van der Waals surface area (Å²) >= 11 is 0. The second-order valence-corrected chi connectivity index (χ2v) is 17.0. The predicted molar refractivity (Wildman–Crippen MR) is 180 cm³/mol. The summed E-state index contributed by atoms with van der Waals surface area (Å²) in [7, 11) is 6.25. The monoisotopic (exact) mass is 616 g/mol. The van der Waals surface area contributed by atoms with E-state index in [9.17, 15) is 0 Å². The Bertz CT molecular complexity index is 927. The molecule has 43 heavy (non-hydrogen) atoms. The van der Waals surface area contributed by atoms with Gasteiger partial charge in [-0.15, -0.1) is 0 Å². The van der Waals surface area contributed by atoms with Crippen molar-refractivity contribution < 1.29 is 28.1 Å². The fourth-order valence-corrected chi connectivity index (χ4v) is 10.8. The van der Waals surface area contributed by atoms with Crippen LogP contribution in [0.4, 0.5) is 0 Å². The number of rotatable bonds is 22. The molecule has 7 heteroatoms. The van der Waals surface area contributed by atoms with Crippen LogP contribution in [0.15, 0.2) is 60.7 Å². The molecule has 244 valence electrons. The van der Waals surface area contributed by atoms with Gasteiger partial charge in [0.2, 0.25) is 0 Å². The SMILES string of the molecule is CCCCC[C@H](C[C@H](C[C@H](C[C@H](C[C@H](CO[Si](c1ccccc1)(c1ccccc1)C(C)(C)C)OC)OC)OC)OC)OC. The third-order valence-corrected chi connectivity index (χ3v) is 13.8. The first-order chi connectivity index (χ1) is 20.7. The largest absolute Gasteiger partial charge is 0.405 e. The fourth-order valence-electron chi connectivity index (χ4n) is 6.20. The summed E-state index contributed by atoms with van der Waals surface area (Å²) in [5, 5.41) is 2.43. The van der Waals surface area contributed by atoms with Crippen LogP contribution >= 0.6 is 0 Å². The first-order valence-electron chi connectivity index (χ1n) is 16.1. The lowest BCUT2D eigenvalue weighted by atomic mass is 9.97. The van der Waals surface area contributed by atoms with E-state index in [1.165, 1.54) is 29.6 Å². The highest BCUT2D eigenvalue weighted by Crippen LogP contribution is 2.37. The van der Waals surface area contributed by atoms with Crippen LogP contribution in [0.1, 0.15) is 79.1 Å². The second kappa shape index (κ2) is 19.7. The maximum Gasteiger partial charge on any atom is 0.261 e. The number of hydrogen-bond donors (Lipinski definition) is 0. The Morgan fingerprint density at radius 2 is 0.953 bits per heavy atom. The van der Waals surface area contributed by atoms with Gasteiger partial charge in [0.1, 0.15) is 0 Å². The third kappa shape index (κ3) is 11.4. The van der Waals surface area contributed by atoms with Gasteiger partial charge in [-0.3, -0.25) is 0 Å². The minimum atomic E-state index is -2.66. The fraction of sp³-hybridized carbons (Fsp3) is 0.667. The van der Waals surface area contributed by atoms with E-state index in [-0.39, 0.29) is 35.6 Å². The number of hydrogen-bond acceptors (Lipinski definition) is 6. The maximum atomic E-state index is 7.17. The molecule has 0 aliphatic heterocycles. The van der Waals surface area contributed by atoms with Gasteiger partial charge in [-0.2, -0.15) is 0 Å². The normalized spacial score (nSPS) is 16.0. The molecule has 2 aromatic carbocycles. The van der Waals surface area contributed by atoms with Gasteiger partial charge in [-0.1, -0.05) is 108 Å². The van der Waals surface area contributed by atoms with Crippen LogP contribution < -0.4 is 10.4 Å². The van der Waals surface area contributed by atoms with Gasteiger partial charge in [-0.05, 0) is 41.1 Å². The van der Waals surface area contributed by atoms with Gasteiger partial charge >= 0.3 is 0 Å². The molecular formula is C36H60O6Si. The Morgan fingerprint density at radius 3 is 1.33 bits per heavy atom. The Labute approximate surface area is 263 Å². The number of ether oxygens (including phenoxy) is 5. The predicted octanol–water partition coefficient (Wildman–Crippen LogP) is 6.78. The van der Waals surface area contributed by atoms with Crippen molar-refractivity contribution in [1.82, 2.24) is 0 Å². The highest BCUT2D eigenvalue weighted by atomic mass is 28.4. The van der Waals surface area contributed by atoms with E-state index in [2.05, 4.69) is 88.4 Å². The molecule has 0 saturated carbocycles. The molecule has 0 aliphatic carbocycles. The Balaban J connectivity index is 2.15. The lowest BCUT2D eigenvalue weighted by Gasteiger charge is -2.43. The summed E-state index contributed by atoms with van der Waals surface area (Å²) in [6.07, 6.45) is 7.87. The molecule has 2 rings (SSSR count). The van der Waals surface area contributed by atoms with E-state index in [4.69, 9.17) is 28.1 Å². The third-order valence-electron chi connectivity index (χ3n) is 8.80. The van der Waals surface area contributed by atoms with Crippen LogP contribution in [0.5, 0.6) is 0 Å². The zero-order valence-corrected chi connectivity index (χ0v) is 29.5. The molecule has 2 aromatic rings. The van der Waals surface area contributed by atoms with Crippen LogP contribution in [0.2, 0.25) is 5.04 Å². The standard InChI is InChI=1S/C36H60O6Si/c1-10-11-14-19-29(37-5)24-30(38-6)25-31(39-7)26-32(40-8)27-33(41-9)28-42-43(36(2,3)4,34-20-15-12-16-21-34)35-22-17-13-18-23-35/h12-13,15-18,20-23,29-33H,10-11,14,19,24-28H2,1-9H3/t29-,30-,31-,32-,33-/m1/s1. The van der Waals surface area contributed by atoms with Crippen LogP contribution in [-0.2, 0) is 28.1 Å². The van der Waals surface area contributed by atoms with Gasteiger partial charge in [0.15, 0.2) is 0 Å². The molecular weight excluding hydrogens is 556 g/mol. The van der Waals surface area contributed by atoms with E-state index in [1.54, 1.807) is 35.5 Å². The Morgan fingerprint density at radius 1 is 0.558 bits per heavy atom. The average Bonchev–Trinajstić information content (AvgIpc) is 3.02. The van der Waals surface area contributed by atoms with Crippen molar-refractivity contribution in [2.75, 3.05) is 42.2 Å². The summed E-state index contributed by atoms with van der Waals surface area (Å²) in [6, 6.07) is 21.5. The number of benzene rings is 2. The summed E-state index contributed by atoms with van der Waals surface area (Å²) in [6.45, 7) is 9.60. The summed E-state index contributed by atoms with van der Waals surface area (Å²) in [4.78, 5) is 0. The lowest BCUT2D eigenvalue weighted by Crippen LogP contribution is -2.67. The topological polar surface area (TPSA) is 55.4 Å². The van der Waals surface area contributed by atoms with Gasteiger partial charge in [-0.25, -0.2) is 0 Å². The van der Waals surface area contributed by atoms with Crippen molar-refractivity contribution in [1.29, 1.82) is 0 Å². The maximum absolute atomic E-state index is 7.17. The molecule has 0 bridgehead atoms. The van der Waals surface area contributed by atoms with Crippen molar-refractivity contribution in [2.45, 2.75) is 115 Å². The summed E-state index contributed by atoms with van der Waals surface area (Å²) < 4.78 is 36.8. The van der Waals surface area contributed by atoms with E-state index < -0.39 is 8.32 Å². The molecule has 0 N–H and O–H groups in total. The quantitative estimate of drug-likeness (QED) is 0.107. The van der Waals surface area contributed by atoms with Crippen LogP contribution in [0.3, 0.4) is 0 Å². The summed E-state index contributed by atoms with van der Waals surface area (Å²) in [5.74, 6) is 0. The molecule has 0 aromatic heterocycles. The van der Waals surface area contributed by atoms with Gasteiger partial charge in [0, 0.05) is 42.0 Å². The van der Waals surface area contributed by atoms with Crippen molar-refractivity contribution in [2.24, 2.45) is 0 Å². The molecule has 0 saturated heterocycles. The van der Waals surface area contributed by atoms with Crippen LogP contribution in [0, 0.1) is 0 Å². The van der Waals surface area contributed by atoms with E-state index in [0.717, 1.165) is 25.7 Å². The molecule has 6 nitrogen and oxygen atoms in total. The highest BCUT2D eigenvalue weighted by molar-refractivity contribution is 6.99. The highest BCUT2D eigenvalue weighted by Gasteiger charge is 2.50. The van der Waals surface area contributed by atoms with Gasteiger partial charge < -0.3 is 28.1 Å². The lowest BCUT2D eigenvalue weighted by molar-refractivity contribution is -0.0473. The van der Waals surface area contributed by atoms with Crippen molar-refractivity contribution >= 4 is 18.7 Å². The van der Waals surface area contributed by atoms with E-state index >= 15 is 0 Å². The number of unbranched alkanes of at least 4 members (excludes halogenated alkanes) is 2. The zero-order valence-electron chi connectivity index (χ0n) is 28.5. The van der Waals surface area contributed by atoms with Crippen molar-refractivity contribution in [3.8, 4) is 0 Å². The van der Waals surface area contributed by atoms with E-state index in [0.29, 0.717) is 13.0 Å². The van der Waals surface area contributed by atoms with Crippen molar-refractivity contribution in [3.63, 3.8) is 0 Å². The van der Waals surface area contributed by atoms with Gasteiger partial charge in [0.05, 0.1) is 37.1 Å². The van der Waals surface area contributed by atoms with Crippen LogP contribution in [0.25, 0.3) is 0 Å². The molecule has 0 amide bonds. The van der Waals surface area contributed by atoms with E-state index in [1.807, 2.05) is 0 Å². The smallest absolute Gasteiger partial charge is 0.261 e. The zero-order chi connectivity index (χ0) is 31.7. The minimum Gasteiger partial charge on any atom is -0.405 e. The first kappa shape index (κ1) is 37.6. The average molecular weight is 617 g/mol. The molecule has 0 heterocycles. The molecule has 0 aliphatic rings. The summed E-state index contributed by atoms with van der Waals surface area (Å²) in [5.41, 5.74) is 0. The van der Waals surface area contributed by atoms with Gasteiger partial charge in [0.25, 0.3) is 8.32 Å². The second-order valence-electron chi connectivity index (χ2n) is 12.7. The number of methoxy groups -OCH3 is 5. The molecule has 0 spiro atoms. The van der Waals surface area contributed by atoms with Crippen molar-refractivity contribution in [3.05, 3.63) is 60.7 Å². The first-order valence-corrected chi connectivity index (χ1v) is 18.0. The minimum absolute atomic E-state index is 0.00171. The van der Waals surface area contributed by atoms with Crippen LogP contribution in [-0.4, -0.2) is 81.0 Å². The molecule has 0 fully saturated rings. The molecule has 0 unspecified atom stereocenters. The Hall–Kier alpha value is -1.58. The molecule has 0 radical (unpaired) electrons. The Kier molecular flexibility index (Phi) is 17.3.